The van der Waals surface area contributed by atoms with E-state index >= 15 is 0 Å². The van der Waals surface area contributed by atoms with Crippen molar-refractivity contribution in [2.75, 3.05) is 6.54 Å². The maximum absolute atomic E-state index is 12.3. The highest BCUT2D eigenvalue weighted by Crippen LogP contribution is 2.27. The third kappa shape index (κ3) is 4.58. The number of rotatable bonds is 6. The Balaban J connectivity index is 1.70. The number of nitrogens with one attached hydrogen (secondary N) is 2. The summed E-state index contributed by atoms with van der Waals surface area (Å²) in [7, 11) is 0. The summed E-state index contributed by atoms with van der Waals surface area (Å²) in [5.41, 5.74) is -1.01. The van der Waals surface area contributed by atoms with E-state index in [9.17, 15) is 18.0 Å². The Kier molecular flexibility index (Phi) is 4.55. The van der Waals surface area contributed by atoms with Gasteiger partial charge in [0.2, 0.25) is 5.91 Å². The number of H-pyrrole nitrogens is 1. The minimum atomic E-state index is -4.50. The van der Waals surface area contributed by atoms with Crippen LogP contribution >= 0.6 is 0 Å². The number of hydrogen-bond donors (Lipinski definition) is 2. The molecule has 1 amide bonds. The van der Waals surface area contributed by atoms with E-state index in [0.717, 1.165) is 16.9 Å². The molecule has 0 unspecified atom stereocenters. The second-order valence-electron chi connectivity index (χ2n) is 4.28. The number of alkyl halides is 3. The van der Waals surface area contributed by atoms with Crippen molar-refractivity contribution in [3.63, 3.8) is 0 Å². The first-order valence-electron chi connectivity index (χ1n) is 6.17. The number of aromatic nitrogens is 5. The zero-order valence-corrected chi connectivity index (χ0v) is 10.9. The molecule has 2 N–H and O–H groups in total. The second-order valence-corrected chi connectivity index (χ2v) is 4.28. The fraction of sp³-hybridized carbons (Fsp3) is 0.455. The van der Waals surface area contributed by atoms with Gasteiger partial charge in [0.05, 0.1) is 0 Å². The minimum absolute atomic E-state index is 0.252. The van der Waals surface area contributed by atoms with E-state index in [0.29, 0.717) is 25.2 Å². The van der Waals surface area contributed by atoms with Crippen molar-refractivity contribution in [2.24, 2.45) is 0 Å². The summed E-state index contributed by atoms with van der Waals surface area (Å²) in [6.07, 6.45) is -0.715. The average molecular weight is 302 g/mol. The van der Waals surface area contributed by atoms with E-state index < -0.39 is 17.8 Å². The van der Waals surface area contributed by atoms with Crippen LogP contribution in [0, 0.1) is 0 Å². The van der Waals surface area contributed by atoms with E-state index in [1.807, 2.05) is 0 Å². The smallest absolute Gasteiger partial charge is 0.354 e. The predicted octanol–water partition coefficient (Wildman–Crippen LogP) is 0.769. The summed E-state index contributed by atoms with van der Waals surface area (Å²) in [6, 6.07) is 0.831. The Morgan fingerprint density at radius 2 is 2.24 bits per heavy atom. The van der Waals surface area contributed by atoms with Gasteiger partial charge in [-0.05, 0) is 12.5 Å². The molecule has 0 spiro atoms. The van der Waals surface area contributed by atoms with Gasteiger partial charge in [0.15, 0.2) is 5.69 Å². The van der Waals surface area contributed by atoms with Gasteiger partial charge in [0.1, 0.15) is 18.7 Å². The zero-order chi connectivity index (χ0) is 15.3. The normalized spacial score (nSPS) is 11.6. The minimum Gasteiger partial charge on any atom is -0.354 e. The van der Waals surface area contributed by atoms with Gasteiger partial charge in [-0.1, -0.05) is 0 Å². The molecule has 0 bridgehead atoms. The van der Waals surface area contributed by atoms with E-state index in [1.165, 1.54) is 6.33 Å². The van der Waals surface area contributed by atoms with E-state index in [2.05, 4.69) is 25.6 Å². The molecule has 10 heteroatoms. The first-order chi connectivity index (χ1) is 9.95. The maximum Gasteiger partial charge on any atom is 0.435 e. The number of halogens is 3. The predicted molar refractivity (Wildman–Crippen MR) is 64.9 cm³/mol. The lowest BCUT2D eigenvalue weighted by molar-refractivity contribution is -0.141. The number of carbonyl (C=O) groups excluding carboxylic acids is 1. The molecule has 0 aliphatic carbocycles. The van der Waals surface area contributed by atoms with Crippen LogP contribution in [0.2, 0.25) is 0 Å². The molecular formula is C11H13F3N6O. The lowest BCUT2D eigenvalue weighted by Gasteiger charge is -2.05. The Morgan fingerprint density at radius 1 is 1.43 bits per heavy atom. The first kappa shape index (κ1) is 15.0. The summed E-state index contributed by atoms with van der Waals surface area (Å²) in [6.45, 7) is 0.144. The number of aromatic amines is 1. The van der Waals surface area contributed by atoms with Crippen LogP contribution in [0.15, 0.2) is 18.6 Å². The molecule has 2 rings (SSSR count). The average Bonchev–Trinajstić information content (AvgIpc) is 3.04. The molecule has 0 saturated heterocycles. The second kappa shape index (κ2) is 6.37. The lowest BCUT2D eigenvalue weighted by Crippen LogP contribution is -2.29. The molecule has 2 heterocycles. The summed E-state index contributed by atoms with van der Waals surface area (Å²) < 4.78 is 37.9. The Bertz CT molecular complexity index is 577. The monoisotopic (exact) mass is 302 g/mol. The highest BCUT2D eigenvalue weighted by Gasteiger charge is 2.33. The van der Waals surface area contributed by atoms with Crippen molar-refractivity contribution in [3.8, 4) is 0 Å². The number of amides is 1. The van der Waals surface area contributed by atoms with Gasteiger partial charge in [0.25, 0.3) is 0 Å². The Hall–Kier alpha value is -2.39. The topological polar surface area (TPSA) is 88.5 Å². The fourth-order valence-corrected chi connectivity index (χ4v) is 1.64. The van der Waals surface area contributed by atoms with Gasteiger partial charge >= 0.3 is 6.18 Å². The van der Waals surface area contributed by atoms with Crippen LogP contribution in [0.5, 0.6) is 0 Å². The third-order valence-electron chi connectivity index (χ3n) is 2.61. The molecule has 0 aromatic carbocycles. The standard InChI is InChI=1S/C11H13F3N6O/c12-11(13,14)8-3-5-20(19-8)6-10(21)15-4-1-2-9-16-7-17-18-9/h3,5,7H,1-2,4,6H2,(H,15,21)(H,16,17,18). The molecule has 114 valence electrons. The molecule has 7 nitrogen and oxygen atoms in total. The molecule has 0 aliphatic heterocycles. The van der Waals surface area contributed by atoms with Crippen molar-refractivity contribution in [2.45, 2.75) is 25.6 Å². The van der Waals surface area contributed by atoms with Crippen LogP contribution in [-0.2, 0) is 23.9 Å². The van der Waals surface area contributed by atoms with Crippen LogP contribution in [0.25, 0.3) is 0 Å². The lowest BCUT2D eigenvalue weighted by atomic mass is 10.3. The van der Waals surface area contributed by atoms with E-state index in [4.69, 9.17) is 0 Å². The summed E-state index contributed by atoms with van der Waals surface area (Å²) in [5, 5.41) is 12.3. The van der Waals surface area contributed by atoms with Crippen LogP contribution in [0.3, 0.4) is 0 Å². The molecule has 21 heavy (non-hydrogen) atoms. The largest absolute Gasteiger partial charge is 0.435 e. The fourth-order valence-electron chi connectivity index (χ4n) is 1.64. The number of carbonyl (C=O) groups is 1. The SMILES string of the molecule is O=C(Cn1ccc(C(F)(F)F)n1)NCCCc1ncn[nH]1. The van der Waals surface area contributed by atoms with Crippen LogP contribution < -0.4 is 5.32 Å². The highest BCUT2D eigenvalue weighted by atomic mass is 19.4. The molecule has 0 radical (unpaired) electrons. The molecule has 0 atom stereocenters. The molecule has 0 saturated carbocycles. The molecular weight excluding hydrogens is 289 g/mol. The first-order valence-corrected chi connectivity index (χ1v) is 6.17. The quantitative estimate of drug-likeness (QED) is 0.771. The third-order valence-corrected chi connectivity index (χ3v) is 2.61. The zero-order valence-electron chi connectivity index (χ0n) is 10.9. The van der Waals surface area contributed by atoms with Crippen molar-refractivity contribution < 1.29 is 18.0 Å². The van der Waals surface area contributed by atoms with E-state index in [-0.39, 0.29) is 6.54 Å². The number of nitrogens with zero attached hydrogens (tertiary/aromatic N) is 4. The molecule has 2 aromatic heterocycles. The summed E-state index contributed by atoms with van der Waals surface area (Å²) in [4.78, 5) is 15.5. The number of aryl methyl sites for hydroxylation is 1. The maximum atomic E-state index is 12.3. The van der Waals surface area contributed by atoms with E-state index in [1.54, 1.807) is 0 Å². The molecule has 2 aromatic rings. The van der Waals surface area contributed by atoms with Gasteiger partial charge in [0, 0.05) is 19.2 Å². The van der Waals surface area contributed by atoms with Gasteiger partial charge in [-0.15, -0.1) is 0 Å². The van der Waals surface area contributed by atoms with Crippen molar-refractivity contribution in [3.05, 3.63) is 30.1 Å². The van der Waals surface area contributed by atoms with Crippen molar-refractivity contribution in [1.82, 2.24) is 30.3 Å². The molecule has 0 fully saturated rings. The van der Waals surface area contributed by atoms with Crippen molar-refractivity contribution in [1.29, 1.82) is 0 Å². The number of hydrogen-bond acceptors (Lipinski definition) is 4. The van der Waals surface area contributed by atoms with Crippen LogP contribution in [-0.4, -0.2) is 37.4 Å². The van der Waals surface area contributed by atoms with Gasteiger partial charge in [-0.25, -0.2) is 4.98 Å². The molecule has 0 aliphatic rings. The van der Waals surface area contributed by atoms with Crippen LogP contribution in [0.4, 0.5) is 13.2 Å². The van der Waals surface area contributed by atoms with Gasteiger partial charge in [-0.2, -0.15) is 23.4 Å². The highest BCUT2D eigenvalue weighted by molar-refractivity contribution is 5.75. The van der Waals surface area contributed by atoms with Crippen molar-refractivity contribution >= 4 is 5.91 Å². The van der Waals surface area contributed by atoms with Crippen LogP contribution in [0.1, 0.15) is 17.9 Å². The van der Waals surface area contributed by atoms with Gasteiger partial charge in [-0.3, -0.25) is 14.6 Å². The Morgan fingerprint density at radius 3 is 2.86 bits per heavy atom. The summed E-state index contributed by atoms with van der Waals surface area (Å²) in [5.74, 6) is 0.315. The van der Waals surface area contributed by atoms with Gasteiger partial charge < -0.3 is 5.32 Å². The summed E-state index contributed by atoms with van der Waals surface area (Å²) >= 11 is 0. The Labute approximate surface area is 117 Å².